The molecule has 88 valence electrons. The third kappa shape index (κ3) is 3.10. The highest BCUT2D eigenvalue weighted by atomic mass is 79.9. The van der Waals surface area contributed by atoms with Crippen LogP contribution in [0.3, 0.4) is 0 Å². The van der Waals surface area contributed by atoms with Gasteiger partial charge in [-0.1, -0.05) is 5.21 Å². The normalized spacial score (nSPS) is 10.2. The molecule has 1 N–H and O–H groups in total. The van der Waals surface area contributed by atoms with Crippen LogP contribution in [0.4, 0.5) is 5.69 Å². The van der Waals surface area contributed by atoms with Gasteiger partial charge in [-0.25, -0.2) is 9.67 Å². The van der Waals surface area contributed by atoms with E-state index in [0.717, 1.165) is 10.2 Å². The zero-order valence-electron chi connectivity index (χ0n) is 9.09. The SMILES string of the molecule is Cc1cc(NC(=O)Cn2ccnn2)cnc1Br. The molecule has 0 unspecified atom stereocenters. The van der Waals surface area contributed by atoms with E-state index in [0.29, 0.717) is 5.69 Å². The Kier molecular flexibility index (Phi) is 3.48. The Morgan fingerprint density at radius 1 is 1.59 bits per heavy atom. The van der Waals surface area contributed by atoms with Gasteiger partial charge in [0.15, 0.2) is 0 Å². The lowest BCUT2D eigenvalue weighted by molar-refractivity contribution is -0.116. The lowest BCUT2D eigenvalue weighted by Crippen LogP contribution is -2.19. The van der Waals surface area contributed by atoms with Crippen molar-refractivity contribution in [2.45, 2.75) is 13.5 Å². The molecule has 0 fully saturated rings. The molecule has 0 spiro atoms. The zero-order valence-corrected chi connectivity index (χ0v) is 10.7. The zero-order chi connectivity index (χ0) is 12.3. The smallest absolute Gasteiger partial charge is 0.246 e. The Hall–Kier alpha value is -1.76. The first-order valence-electron chi connectivity index (χ1n) is 4.91. The summed E-state index contributed by atoms with van der Waals surface area (Å²) in [4.78, 5) is 15.7. The largest absolute Gasteiger partial charge is 0.323 e. The van der Waals surface area contributed by atoms with Crippen LogP contribution in [0.5, 0.6) is 0 Å². The number of hydrogen-bond acceptors (Lipinski definition) is 4. The molecule has 2 aromatic rings. The number of carbonyl (C=O) groups excluding carboxylic acids is 1. The quantitative estimate of drug-likeness (QED) is 0.869. The minimum atomic E-state index is -0.168. The molecule has 0 aliphatic heterocycles. The summed E-state index contributed by atoms with van der Waals surface area (Å²) in [5, 5.41) is 10.1. The van der Waals surface area contributed by atoms with Crippen LogP contribution in [0.2, 0.25) is 0 Å². The molecule has 2 rings (SSSR count). The van der Waals surface area contributed by atoms with Crippen LogP contribution in [-0.2, 0) is 11.3 Å². The number of hydrogen-bond donors (Lipinski definition) is 1. The molecule has 17 heavy (non-hydrogen) atoms. The van der Waals surface area contributed by atoms with E-state index in [1.54, 1.807) is 12.4 Å². The summed E-state index contributed by atoms with van der Waals surface area (Å²) >= 11 is 3.30. The second-order valence-corrected chi connectivity index (χ2v) is 4.23. The second-order valence-electron chi connectivity index (χ2n) is 3.48. The fourth-order valence-electron chi connectivity index (χ4n) is 1.29. The van der Waals surface area contributed by atoms with Crippen molar-refractivity contribution in [2.24, 2.45) is 0 Å². The molecule has 0 bridgehead atoms. The van der Waals surface area contributed by atoms with Gasteiger partial charge in [0, 0.05) is 6.20 Å². The molecular formula is C10H10BrN5O. The van der Waals surface area contributed by atoms with Gasteiger partial charge >= 0.3 is 0 Å². The topological polar surface area (TPSA) is 72.7 Å². The molecule has 0 aliphatic carbocycles. The average Bonchev–Trinajstić information content (AvgIpc) is 2.76. The third-order valence-electron chi connectivity index (χ3n) is 2.08. The van der Waals surface area contributed by atoms with E-state index >= 15 is 0 Å². The first-order chi connectivity index (χ1) is 8.15. The number of rotatable bonds is 3. The van der Waals surface area contributed by atoms with Crippen LogP contribution in [0.15, 0.2) is 29.3 Å². The van der Waals surface area contributed by atoms with Crippen LogP contribution in [0.25, 0.3) is 0 Å². The molecule has 2 aromatic heterocycles. The summed E-state index contributed by atoms with van der Waals surface area (Å²) in [5.41, 5.74) is 1.62. The van der Waals surface area contributed by atoms with Gasteiger partial charge < -0.3 is 5.32 Å². The standard InChI is InChI=1S/C10H10BrN5O/c1-7-4-8(5-12-10(7)11)14-9(17)6-16-3-2-13-15-16/h2-5H,6H2,1H3,(H,14,17). The highest BCUT2D eigenvalue weighted by Crippen LogP contribution is 2.16. The first kappa shape index (κ1) is 11.7. The Morgan fingerprint density at radius 3 is 3.06 bits per heavy atom. The van der Waals surface area contributed by atoms with Crippen molar-refractivity contribution in [3.05, 3.63) is 34.8 Å². The average molecular weight is 296 g/mol. The molecule has 0 aliphatic rings. The summed E-state index contributed by atoms with van der Waals surface area (Å²) in [6.07, 6.45) is 4.75. The number of nitrogens with one attached hydrogen (secondary N) is 1. The monoisotopic (exact) mass is 295 g/mol. The number of amides is 1. The van der Waals surface area contributed by atoms with Crippen molar-refractivity contribution < 1.29 is 4.79 Å². The van der Waals surface area contributed by atoms with Crippen LogP contribution in [-0.4, -0.2) is 25.9 Å². The van der Waals surface area contributed by atoms with Crippen LogP contribution < -0.4 is 5.32 Å². The van der Waals surface area contributed by atoms with Crippen molar-refractivity contribution >= 4 is 27.5 Å². The molecule has 0 saturated heterocycles. The predicted molar refractivity (Wildman–Crippen MR) is 65.3 cm³/mol. The molecule has 0 saturated carbocycles. The van der Waals surface area contributed by atoms with Gasteiger partial charge in [0.2, 0.25) is 5.91 Å². The van der Waals surface area contributed by atoms with Gasteiger partial charge in [-0.2, -0.15) is 0 Å². The molecule has 6 nitrogen and oxygen atoms in total. The van der Waals surface area contributed by atoms with Gasteiger partial charge in [0.1, 0.15) is 11.1 Å². The highest BCUT2D eigenvalue weighted by Gasteiger charge is 2.05. The first-order valence-corrected chi connectivity index (χ1v) is 5.70. The van der Waals surface area contributed by atoms with Gasteiger partial charge in [-0.05, 0) is 34.5 Å². The van der Waals surface area contributed by atoms with Crippen LogP contribution in [0.1, 0.15) is 5.56 Å². The van der Waals surface area contributed by atoms with Crippen molar-refractivity contribution in [3.63, 3.8) is 0 Å². The number of carbonyl (C=O) groups is 1. The Labute approximate surface area is 106 Å². The number of nitrogens with zero attached hydrogens (tertiary/aromatic N) is 4. The van der Waals surface area contributed by atoms with Crippen molar-refractivity contribution in [1.82, 2.24) is 20.0 Å². The predicted octanol–water partition coefficient (Wildman–Crippen LogP) is 1.38. The number of aryl methyl sites for hydroxylation is 1. The molecule has 7 heteroatoms. The van der Waals surface area contributed by atoms with Gasteiger partial charge in [-0.3, -0.25) is 4.79 Å². The number of halogens is 1. The molecule has 2 heterocycles. The lowest BCUT2D eigenvalue weighted by Gasteiger charge is -2.06. The summed E-state index contributed by atoms with van der Waals surface area (Å²) in [7, 11) is 0. The minimum Gasteiger partial charge on any atom is -0.323 e. The molecule has 1 amide bonds. The Morgan fingerprint density at radius 2 is 2.41 bits per heavy atom. The molecule has 0 aromatic carbocycles. The fraction of sp³-hybridized carbons (Fsp3) is 0.200. The summed E-state index contributed by atoms with van der Waals surface area (Å²) in [6.45, 7) is 2.04. The Balaban J connectivity index is 2.00. The van der Waals surface area contributed by atoms with E-state index in [4.69, 9.17) is 0 Å². The maximum absolute atomic E-state index is 11.6. The minimum absolute atomic E-state index is 0.134. The van der Waals surface area contributed by atoms with E-state index in [1.807, 2.05) is 13.0 Å². The van der Waals surface area contributed by atoms with E-state index in [2.05, 4.69) is 36.5 Å². The summed E-state index contributed by atoms with van der Waals surface area (Å²) in [6, 6.07) is 1.84. The van der Waals surface area contributed by atoms with Gasteiger partial charge in [0.25, 0.3) is 0 Å². The molecule has 0 radical (unpaired) electrons. The van der Waals surface area contributed by atoms with Gasteiger partial charge in [0.05, 0.1) is 18.1 Å². The Bertz CT molecular complexity index is 525. The van der Waals surface area contributed by atoms with E-state index in [-0.39, 0.29) is 12.5 Å². The maximum Gasteiger partial charge on any atom is 0.246 e. The lowest BCUT2D eigenvalue weighted by atomic mass is 10.3. The van der Waals surface area contributed by atoms with Crippen LogP contribution in [0, 0.1) is 6.92 Å². The summed E-state index contributed by atoms with van der Waals surface area (Å²) in [5.74, 6) is -0.168. The summed E-state index contributed by atoms with van der Waals surface area (Å²) < 4.78 is 2.22. The van der Waals surface area contributed by atoms with Crippen molar-refractivity contribution in [2.75, 3.05) is 5.32 Å². The third-order valence-corrected chi connectivity index (χ3v) is 2.91. The van der Waals surface area contributed by atoms with E-state index < -0.39 is 0 Å². The molecular weight excluding hydrogens is 286 g/mol. The second kappa shape index (κ2) is 5.05. The van der Waals surface area contributed by atoms with Crippen molar-refractivity contribution in [1.29, 1.82) is 0 Å². The van der Waals surface area contributed by atoms with Gasteiger partial charge in [-0.15, -0.1) is 5.10 Å². The van der Waals surface area contributed by atoms with E-state index in [9.17, 15) is 4.79 Å². The fourth-order valence-corrected chi connectivity index (χ4v) is 1.51. The molecule has 0 atom stereocenters. The van der Waals surface area contributed by atoms with Crippen molar-refractivity contribution in [3.8, 4) is 0 Å². The highest BCUT2D eigenvalue weighted by molar-refractivity contribution is 9.10. The van der Waals surface area contributed by atoms with E-state index in [1.165, 1.54) is 10.9 Å². The number of aromatic nitrogens is 4. The number of anilines is 1. The van der Waals surface area contributed by atoms with Crippen LogP contribution >= 0.6 is 15.9 Å². The number of pyridine rings is 1. The maximum atomic E-state index is 11.6.